The number of Topliss-reactive ketones (excluding diaryl/α,β-unsaturated/α-hetero) is 1. The molecule has 0 radical (unpaired) electrons. The Balaban J connectivity index is 1.78. The summed E-state index contributed by atoms with van der Waals surface area (Å²) in [5.41, 5.74) is 0.993. The molecule has 0 fully saturated rings. The minimum atomic E-state index is -0.662. The van der Waals surface area contributed by atoms with Crippen LogP contribution in [0.25, 0.3) is 0 Å². The molecule has 1 aromatic heterocycles. The van der Waals surface area contributed by atoms with Crippen molar-refractivity contribution < 1.29 is 19.4 Å². The molecule has 9 nitrogen and oxygen atoms in total. The van der Waals surface area contributed by atoms with E-state index in [2.05, 4.69) is 15.9 Å². The molecule has 1 aliphatic heterocycles. The molecule has 2 heterocycles. The van der Waals surface area contributed by atoms with Crippen molar-refractivity contribution >= 4 is 27.5 Å². The van der Waals surface area contributed by atoms with Crippen LogP contribution in [-0.4, -0.2) is 37.7 Å². The van der Waals surface area contributed by atoms with E-state index in [1.54, 1.807) is 12.1 Å². The molecule has 1 N–H and O–H groups in total. The zero-order chi connectivity index (χ0) is 22.9. The number of aromatic nitrogens is 3. The Kier molecular flexibility index (Phi) is 4.52. The van der Waals surface area contributed by atoms with E-state index in [1.807, 2.05) is 6.08 Å². The van der Waals surface area contributed by atoms with Crippen LogP contribution in [0.2, 0.25) is 0 Å². The maximum Gasteiger partial charge on any atom is 0.347 e. The predicted octanol–water partition coefficient (Wildman–Crippen LogP) is 1.46. The van der Waals surface area contributed by atoms with Crippen LogP contribution in [0.4, 0.5) is 0 Å². The van der Waals surface area contributed by atoms with Crippen molar-refractivity contribution in [3.05, 3.63) is 78.1 Å². The van der Waals surface area contributed by atoms with Crippen molar-refractivity contribution in [2.75, 3.05) is 7.11 Å². The first kappa shape index (κ1) is 20.5. The Morgan fingerprint density at radius 1 is 1.16 bits per heavy atom. The highest BCUT2D eigenvalue weighted by Crippen LogP contribution is 2.50. The molecule has 164 valence electrons. The molecule has 0 saturated heterocycles. The van der Waals surface area contributed by atoms with Crippen molar-refractivity contribution in [2.24, 2.45) is 7.05 Å². The van der Waals surface area contributed by atoms with Crippen LogP contribution < -0.4 is 16.1 Å². The van der Waals surface area contributed by atoms with E-state index in [1.165, 1.54) is 35.7 Å². The van der Waals surface area contributed by atoms with Gasteiger partial charge in [0.2, 0.25) is 0 Å². The zero-order valence-electron chi connectivity index (χ0n) is 17.2. The number of carbonyl (C=O) groups excluding carboxylic acids is 2. The van der Waals surface area contributed by atoms with E-state index in [0.717, 1.165) is 10.1 Å². The summed E-state index contributed by atoms with van der Waals surface area (Å²) in [4.78, 5) is 51.5. The maximum absolute atomic E-state index is 13.1. The number of nitrogens with zero attached hydrogens (tertiary/aromatic N) is 3. The number of hydrogen-bond donors (Lipinski definition) is 1. The monoisotopic (exact) mass is 499 g/mol. The highest BCUT2D eigenvalue weighted by Gasteiger charge is 2.44. The van der Waals surface area contributed by atoms with Crippen LogP contribution in [0.3, 0.4) is 0 Å². The topological polar surface area (TPSA) is 113 Å². The van der Waals surface area contributed by atoms with Crippen LogP contribution in [0, 0.1) is 0 Å². The number of hydrogen-bond acceptors (Lipinski definition) is 6. The molecule has 0 saturated carbocycles. The third-order valence-corrected chi connectivity index (χ3v) is 6.91. The van der Waals surface area contributed by atoms with Gasteiger partial charge in [0.25, 0.3) is 0 Å². The quantitative estimate of drug-likeness (QED) is 0.494. The Labute approximate surface area is 189 Å². The Bertz CT molecular complexity index is 1430. The molecule has 0 bridgehead atoms. The number of allylic oxidation sites excluding steroid dienone is 6. The van der Waals surface area contributed by atoms with Gasteiger partial charge in [-0.3, -0.25) is 9.59 Å². The smallest absolute Gasteiger partial charge is 0.347 e. The summed E-state index contributed by atoms with van der Waals surface area (Å²) in [7, 11) is 2.84. The fourth-order valence-corrected chi connectivity index (χ4v) is 5.30. The van der Waals surface area contributed by atoms with E-state index in [9.17, 15) is 24.3 Å². The fourth-order valence-electron chi connectivity index (χ4n) is 4.85. The molecule has 10 heteroatoms. The lowest BCUT2D eigenvalue weighted by atomic mass is 9.69. The minimum absolute atomic E-state index is 0.106. The number of phenols is 1. The van der Waals surface area contributed by atoms with Gasteiger partial charge in [0, 0.05) is 36.6 Å². The number of halogens is 1. The SMILES string of the molecule is COc1ccc([C@H]2C3=CCn4c(=O)n(C)c(=O)n4[C@@H]3CC3=C2C(=O)C=C(Br)C3=O)cc1O. The molecule has 2 aromatic rings. The first-order chi connectivity index (χ1) is 15.2. The second-order valence-electron chi connectivity index (χ2n) is 7.92. The second kappa shape index (κ2) is 7.06. The number of methoxy groups -OCH3 is 1. The lowest BCUT2D eigenvalue weighted by Gasteiger charge is -2.39. The maximum atomic E-state index is 13.1. The van der Waals surface area contributed by atoms with Crippen LogP contribution in [0.5, 0.6) is 11.5 Å². The second-order valence-corrected chi connectivity index (χ2v) is 8.77. The summed E-state index contributed by atoms with van der Waals surface area (Å²) in [6, 6.07) is 4.19. The van der Waals surface area contributed by atoms with Crippen LogP contribution >= 0.6 is 15.9 Å². The molecule has 1 aromatic carbocycles. The van der Waals surface area contributed by atoms with E-state index >= 15 is 0 Å². The fraction of sp³-hybridized carbons (Fsp3) is 0.273. The van der Waals surface area contributed by atoms with Crippen molar-refractivity contribution in [1.82, 2.24) is 13.9 Å². The van der Waals surface area contributed by atoms with Crippen molar-refractivity contribution in [2.45, 2.75) is 24.9 Å². The van der Waals surface area contributed by atoms with Crippen LogP contribution in [-0.2, 0) is 23.2 Å². The molecule has 0 amide bonds. The number of rotatable bonds is 2. The molecular formula is C22H18BrN3O6. The van der Waals surface area contributed by atoms with Gasteiger partial charge in [-0.2, -0.15) is 0 Å². The first-order valence-electron chi connectivity index (χ1n) is 9.89. The summed E-state index contributed by atoms with van der Waals surface area (Å²) >= 11 is 3.17. The lowest BCUT2D eigenvalue weighted by Crippen LogP contribution is -2.40. The molecule has 2 aliphatic carbocycles. The Morgan fingerprint density at radius 2 is 1.91 bits per heavy atom. The third-order valence-electron chi connectivity index (χ3n) is 6.33. The number of carbonyl (C=O) groups is 2. The summed E-state index contributed by atoms with van der Waals surface area (Å²) in [5.74, 6) is -1.13. The molecule has 0 spiro atoms. The number of ketones is 2. The summed E-state index contributed by atoms with van der Waals surface area (Å²) in [5, 5.41) is 10.4. The summed E-state index contributed by atoms with van der Waals surface area (Å²) in [6.45, 7) is 0.156. The molecule has 5 rings (SSSR count). The Morgan fingerprint density at radius 3 is 2.59 bits per heavy atom. The largest absolute Gasteiger partial charge is 0.504 e. The number of aromatic hydroxyl groups is 1. The Hall–Kier alpha value is -3.40. The van der Waals surface area contributed by atoms with Gasteiger partial charge in [0.1, 0.15) is 0 Å². The van der Waals surface area contributed by atoms with Gasteiger partial charge < -0.3 is 9.84 Å². The number of benzene rings is 1. The zero-order valence-corrected chi connectivity index (χ0v) is 18.7. The summed E-state index contributed by atoms with van der Waals surface area (Å²) < 4.78 is 9.01. The summed E-state index contributed by atoms with van der Waals surface area (Å²) in [6.07, 6.45) is 3.19. The van der Waals surface area contributed by atoms with Gasteiger partial charge in [0.15, 0.2) is 23.1 Å². The van der Waals surface area contributed by atoms with E-state index in [-0.39, 0.29) is 40.5 Å². The molecular weight excluding hydrogens is 482 g/mol. The number of phenolic OH excluding ortho intramolecular Hbond substituents is 1. The van der Waals surface area contributed by atoms with Crippen LogP contribution in [0.15, 0.2) is 61.1 Å². The van der Waals surface area contributed by atoms with Gasteiger partial charge in [-0.1, -0.05) is 12.1 Å². The standard InChI is InChI=1S/C22H18BrN3O6/c1-24-21(30)25-6-5-11-14(26(25)22(24)31)8-12-19(16(28)9-13(23)20(12)29)18(11)10-3-4-17(32-2)15(27)7-10/h3-5,7,9,14,18,27H,6,8H2,1-2H3/t14-,18+/m1/s1. The van der Waals surface area contributed by atoms with Gasteiger partial charge in [-0.05, 0) is 39.2 Å². The normalized spacial score (nSPS) is 22.1. The lowest BCUT2D eigenvalue weighted by molar-refractivity contribution is -0.115. The third kappa shape index (κ3) is 2.68. The van der Waals surface area contributed by atoms with Gasteiger partial charge in [-0.25, -0.2) is 23.5 Å². The van der Waals surface area contributed by atoms with Crippen molar-refractivity contribution in [3.8, 4) is 11.5 Å². The van der Waals surface area contributed by atoms with Gasteiger partial charge >= 0.3 is 11.4 Å². The van der Waals surface area contributed by atoms with Crippen molar-refractivity contribution in [3.63, 3.8) is 0 Å². The minimum Gasteiger partial charge on any atom is -0.504 e. The average molecular weight is 500 g/mol. The van der Waals surface area contributed by atoms with Crippen molar-refractivity contribution in [1.29, 1.82) is 0 Å². The number of ether oxygens (including phenoxy) is 1. The average Bonchev–Trinajstić information content (AvgIpc) is 3.00. The van der Waals surface area contributed by atoms with E-state index in [0.29, 0.717) is 16.7 Å². The van der Waals surface area contributed by atoms with E-state index in [4.69, 9.17) is 4.74 Å². The van der Waals surface area contributed by atoms with Crippen LogP contribution in [0.1, 0.15) is 23.9 Å². The highest BCUT2D eigenvalue weighted by atomic mass is 79.9. The predicted molar refractivity (Wildman–Crippen MR) is 117 cm³/mol. The molecule has 0 unspecified atom stereocenters. The van der Waals surface area contributed by atoms with Gasteiger partial charge in [-0.15, -0.1) is 0 Å². The first-order valence-corrected chi connectivity index (χ1v) is 10.7. The number of fused-ring (bicyclic) bond motifs is 3. The molecule has 3 aliphatic rings. The van der Waals surface area contributed by atoms with E-state index < -0.39 is 23.3 Å². The molecule has 2 atom stereocenters. The molecule has 32 heavy (non-hydrogen) atoms. The highest BCUT2D eigenvalue weighted by molar-refractivity contribution is 9.12. The van der Waals surface area contributed by atoms with Gasteiger partial charge in [0.05, 0.1) is 24.2 Å².